The minimum absolute atomic E-state index is 0.0666. The summed E-state index contributed by atoms with van der Waals surface area (Å²) in [7, 11) is -0.0320. The molecule has 1 aromatic carbocycles. The number of nitrogens with zero attached hydrogens (tertiary/aromatic N) is 3. The summed E-state index contributed by atoms with van der Waals surface area (Å²) in [6.45, 7) is 6.61. The zero-order chi connectivity index (χ0) is 21.9. The Bertz CT molecular complexity index is 936. The molecule has 1 saturated heterocycles. The summed E-state index contributed by atoms with van der Waals surface area (Å²) in [6.07, 6.45) is 6.11. The summed E-state index contributed by atoms with van der Waals surface area (Å²) in [5.74, 6) is 1.92. The second-order valence-electron chi connectivity index (χ2n) is 8.46. The van der Waals surface area contributed by atoms with Gasteiger partial charge >= 0.3 is 0 Å². The molecule has 2 heterocycles. The van der Waals surface area contributed by atoms with Gasteiger partial charge in [0.05, 0.1) is 10.6 Å². The van der Waals surface area contributed by atoms with Crippen molar-refractivity contribution in [1.82, 2.24) is 9.88 Å². The fraction of sp³-hybridized carbons (Fsp3) is 0.591. The SMILES string of the molecule is CCCN1CCC[C@H]2Cc3nc(N(C)C)oc3C[C@@H]21.Cc1ccc(S(=O)(=O)O)cc1. The zero-order valence-electron chi connectivity index (χ0n) is 18.3. The second kappa shape index (κ2) is 9.49. The van der Waals surface area contributed by atoms with Gasteiger partial charge in [0.15, 0.2) is 0 Å². The number of rotatable bonds is 4. The average Bonchev–Trinajstić information content (AvgIpc) is 3.10. The highest BCUT2D eigenvalue weighted by atomic mass is 32.2. The molecule has 0 spiro atoms. The van der Waals surface area contributed by atoms with Gasteiger partial charge in [-0.1, -0.05) is 24.6 Å². The van der Waals surface area contributed by atoms with Crippen molar-refractivity contribution >= 4 is 16.1 Å². The molecule has 0 radical (unpaired) electrons. The maximum atomic E-state index is 10.5. The van der Waals surface area contributed by atoms with E-state index in [1.54, 1.807) is 12.1 Å². The van der Waals surface area contributed by atoms with Gasteiger partial charge in [0.2, 0.25) is 0 Å². The highest BCUT2D eigenvalue weighted by Gasteiger charge is 2.37. The van der Waals surface area contributed by atoms with Crippen LogP contribution in [0.5, 0.6) is 0 Å². The van der Waals surface area contributed by atoms with Crippen molar-refractivity contribution in [2.45, 2.75) is 56.9 Å². The van der Waals surface area contributed by atoms with Crippen LogP contribution in [0.3, 0.4) is 0 Å². The van der Waals surface area contributed by atoms with Gasteiger partial charge in [-0.2, -0.15) is 13.4 Å². The standard InChI is InChI=1S/C15H25N3O.C7H8O3S/c1-4-7-18-8-5-6-11-9-12-14(10-13(11)18)19-15(16-12)17(2)3;1-6-2-4-7(5-3-6)11(8,9)10/h11,13H,4-10H2,1-3H3;2-5H,1H3,(H,8,9,10)/t11-,13-;/m0./s1. The van der Waals surface area contributed by atoms with Crippen LogP contribution in [0.1, 0.15) is 43.2 Å². The Labute approximate surface area is 179 Å². The van der Waals surface area contributed by atoms with E-state index in [1.807, 2.05) is 25.9 Å². The number of aryl methyl sites for hydroxylation is 1. The van der Waals surface area contributed by atoms with E-state index in [-0.39, 0.29) is 4.90 Å². The van der Waals surface area contributed by atoms with E-state index in [9.17, 15) is 8.42 Å². The summed E-state index contributed by atoms with van der Waals surface area (Å²) in [5.41, 5.74) is 2.17. The van der Waals surface area contributed by atoms with Crippen LogP contribution in [0.25, 0.3) is 0 Å². The van der Waals surface area contributed by atoms with E-state index in [2.05, 4.69) is 16.8 Å². The van der Waals surface area contributed by atoms with Crippen molar-refractivity contribution in [3.05, 3.63) is 41.3 Å². The highest BCUT2D eigenvalue weighted by molar-refractivity contribution is 7.85. The Morgan fingerprint density at radius 1 is 1.23 bits per heavy atom. The lowest BCUT2D eigenvalue weighted by Crippen LogP contribution is -2.49. The number of aromatic nitrogens is 1. The molecule has 8 heteroatoms. The molecule has 2 aromatic rings. The lowest BCUT2D eigenvalue weighted by molar-refractivity contribution is 0.0799. The fourth-order valence-corrected chi connectivity index (χ4v) is 4.82. The Kier molecular flexibility index (Phi) is 7.21. The number of oxazole rings is 1. The molecule has 1 N–H and O–H groups in total. The van der Waals surface area contributed by atoms with Crippen LogP contribution in [-0.2, 0) is 23.0 Å². The fourth-order valence-electron chi connectivity index (χ4n) is 4.34. The van der Waals surface area contributed by atoms with Gasteiger partial charge in [-0.3, -0.25) is 9.45 Å². The van der Waals surface area contributed by atoms with Gasteiger partial charge in [0, 0.05) is 26.6 Å². The number of anilines is 1. The van der Waals surface area contributed by atoms with Crippen molar-refractivity contribution in [1.29, 1.82) is 0 Å². The lowest BCUT2D eigenvalue weighted by Gasteiger charge is -2.43. The minimum Gasteiger partial charge on any atom is -0.428 e. The number of benzene rings is 1. The quantitative estimate of drug-likeness (QED) is 0.735. The second-order valence-corrected chi connectivity index (χ2v) is 9.88. The Balaban J connectivity index is 0.000000199. The molecule has 1 aromatic heterocycles. The molecule has 0 amide bonds. The molecule has 1 fully saturated rings. The Hall–Kier alpha value is -1.90. The largest absolute Gasteiger partial charge is 0.428 e. The van der Waals surface area contributed by atoms with Gasteiger partial charge in [0.25, 0.3) is 16.1 Å². The van der Waals surface area contributed by atoms with E-state index in [0.717, 1.165) is 36.1 Å². The summed E-state index contributed by atoms with van der Waals surface area (Å²) >= 11 is 0. The van der Waals surface area contributed by atoms with Gasteiger partial charge in [0.1, 0.15) is 5.76 Å². The number of fused-ring (bicyclic) bond motifs is 2. The van der Waals surface area contributed by atoms with Crippen molar-refractivity contribution in [3.63, 3.8) is 0 Å². The Morgan fingerprint density at radius 2 is 1.93 bits per heavy atom. The van der Waals surface area contributed by atoms with Crippen LogP contribution in [0.2, 0.25) is 0 Å². The van der Waals surface area contributed by atoms with Gasteiger partial charge < -0.3 is 9.32 Å². The first-order valence-electron chi connectivity index (χ1n) is 10.6. The smallest absolute Gasteiger partial charge is 0.297 e. The third kappa shape index (κ3) is 5.42. The lowest BCUT2D eigenvalue weighted by atomic mass is 9.79. The zero-order valence-corrected chi connectivity index (χ0v) is 19.2. The summed E-state index contributed by atoms with van der Waals surface area (Å²) in [6, 6.07) is 7.44. The molecule has 2 atom stereocenters. The number of hydrogen-bond acceptors (Lipinski definition) is 6. The van der Waals surface area contributed by atoms with Crippen molar-refractivity contribution in [2.24, 2.45) is 5.92 Å². The van der Waals surface area contributed by atoms with E-state index in [4.69, 9.17) is 8.97 Å². The molecule has 0 unspecified atom stereocenters. The first-order chi connectivity index (χ1) is 14.2. The third-order valence-corrected chi connectivity index (χ3v) is 6.73. The van der Waals surface area contributed by atoms with Crippen molar-refractivity contribution in [3.8, 4) is 0 Å². The minimum atomic E-state index is -4.02. The number of likely N-dealkylation sites (tertiary alicyclic amines) is 1. The molecule has 1 aliphatic heterocycles. The topological polar surface area (TPSA) is 86.9 Å². The number of piperidine rings is 1. The van der Waals surface area contributed by atoms with Gasteiger partial charge in [-0.15, -0.1) is 0 Å². The molecule has 2 aliphatic rings. The maximum Gasteiger partial charge on any atom is 0.297 e. The van der Waals surface area contributed by atoms with E-state index < -0.39 is 10.1 Å². The van der Waals surface area contributed by atoms with E-state index >= 15 is 0 Å². The van der Waals surface area contributed by atoms with E-state index in [1.165, 1.54) is 50.2 Å². The van der Waals surface area contributed by atoms with Crippen molar-refractivity contribution < 1.29 is 17.4 Å². The van der Waals surface area contributed by atoms with Crippen LogP contribution >= 0.6 is 0 Å². The molecule has 1 aliphatic carbocycles. The molecular formula is C22H33N3O4S. The molecule has 166 valence electrons. The molecule has 4 rings (SSSR count). The Morgan fingerprint density at radius 3 is 2.53 bits per heavy atom. The molecule has 7 nitrogen and oxygen atoms in total. The van der Waals surface area contributed by atoms with Crippen LogP contribution in [0.15, 0.2) is 33.6 Å². The predicted octanol–water partition coefficient (Wildman–Crippen LogP) is 3.57. The predicted molar refractivity (Wildman–Crippen MR) is 118 cm³/mol. The summed E-state index contributed by atoms with van der Waals surface area (Å²) in [5, 5.41) is 0. The number of hydrogen-bond donors (Lipinski definition) is 1. The third-order valence-electron chi connectivity index (χ3n) is 5.86. The first-order valence-corrected chi connectivity index (χ1v) is 12.1. The first kappa shape index (κ1) is 22.8. The summed E-state index contributed by atoms with van der Waals surface area (Å²) in [4.78, 5) is 9.23. The highest BCUT2D eigenvalue weighted by Crippen LogP contribution is 2.36. The molecule has 30 heavy (non-hydrogen) atoms. The van der Waals surface area contributed by atoms with Crippen LogP contribution in [0, 0.1) is 12.8 Å². The van der Waals surface area contributed by atoms with Crippen LogP contribution in [-0.4, -0.2) is 56.1 Å². The monoisotopic (exact) mass is 435 g/mol. The summed E-state index contributed by atoms with van der Waals surface area (Å²) < 4.78 is 35.5. The average molecular weight is 436 g/mol. The van der Waals surface area contributed by atoms with Crippen molar-refractivity contribution in [2.75, 3.05) is 32.1 Å². The normalized spacial score (nSPS) is 21.2. The molecular weight excluding hydrogens is 402 g/mol. The van der Waals surface area contributed by atoms with E-state index in [0.29, 0.717) is 6.04 Å². The van der Waals surface area contributed by atoms with Gasteiger partial charge in [-0.05, 0) is 63.7 Å². The maximum absolute atomic E-state index is 10.5. The molecule has 0 saturated carbocycles. The molecule has 0 bridgehead atoms. The van der Waals surface area contributed by atoms with Crippen LogP contribution < -0.4 is 4.90 Å². The van der Waals surface area contributed by atoms with Crippen LogP contribution in [0.4, 0.5) is 6.01 Å². The van der Waals surface area contributed by atoms with Gasteiger partial charge in [-0.25, -0.2) is 0 Å².